The van der Waals surface area contributed by atoms with E-state index >= 15 is 0 Å². The van der Waals surface area contributed by atoms with Crippen molar-refractivity contribution in [3.8, 4) is 0 Å². The second kappa shape index (κ2) is 65.3. The molecule has 0 aliphatic carbocycles. The van der Waals surface area contributed by atoms with Gasteiger partial charge in [0.2, 0.25) is 0 Å². The van der Waals surface area contributed by atoms with Crippen molar-refractivity contribution in [2.75, 3.05) is 126 Å². The van der Waals surface area contributed by atoms with Crippen molar-refractivity contribution in [3.05, 3.63) is 0 Å². The van der Waals surface area contributed by atoms with Crippen LogP contribution in [0.1, 0.15) is 291 Å². The zero-order valence-corrected chi connectivity index (χ0v) is 58.3. The molecule has 1 rings (SSSR count). The van der Waals surface area contributed by atoms with Crippen molar-refractivity contribution in [2.45, 2.75) is 310 Å². The number of hydrogen-bond acceptors (Lipinski definition) is 16. The Labute approximate surface area is 544 Å². The molecule has 1 fully saturated rings. The van der Waals surface area contributed by atoms with Crippen LogP contribution in [0.4, 0.5) is 9.59 Å². The summed E-state index contributed by atoms with van der Waals surface area (Å²) in [4.78, 5) is 56.3. The Balaban J connectivity index is 2.71. The Bertz CT molecular complexity index is 1560. The maximum absolute atomic E-state index is 14.4. The molecule has 17 nitrogen and oxygen atoms in total. The summed E-state index contributed by atoms with van der Waals surface area (Å²) in [5.41, 5.74) is 0. The summed E-state index contributed by atoms with van der Waals surface area (Å²) in [5, 5.41) is 0. The number of piperidine rings is 1. The highest BCUT2D eigenvalue weighted by Crippen LogP contribution is 2.21. The lowest BCUT2D eigenvalue weighted by Crippen LogP contribution is -2.45. The first-order valence-corrected chi connectivity index (χ1v) is 37.0. The molecule has 1 aliphatic heterocycles. The topological polar surface area (TPSA) is 176 Å². The van der Waals surface area contributed by atoms with Gasteiger partial charge in [0.15, 0.2) is 6.10 Å². The SMILES string of the molecule is CCCCCCCCC(CCCCCC)OC(=O)OCCCCCCOCC(OCCCCCCOC(=O)OC(CCCCCC)CCCCCCCC)C(=O)N(CCCCCCCC)CCOCCOCCOCCOCCOC(=O)C1CCN(C)CC1. The number of nitrogens with zero attached hydrogens (tertiary/aromatic N) is 2. The molecule has 3 unspecified atom stereocenters. The van der Waals surface area contributed by atoms with Gasteiger partial charge in [-0.1, -0.05) is 182 Å². The molecule has 0 spiro atoms. The molecule has 1 heterocycles. The predicted molar refractivity (Wildman–Crippen MR) is 358 cm³/mol. The maximum Gasteiger partial charge on any atom is 0.508 e. The van der Waals surface area contributed by atoms with Crippen LogP contribution in [0.3, 0.4) is 0 Å². The van der Waals surface area contributed by atoms with E-state index in [2.05, 4.69) is 46.6 Å². The van der Waals surface area contributed by atoms with Crippen molar-refractivity contribution in [2.24, 2.45) is 5.92 Å². The van der Waals surface area contributed by atoms with Crippen molar-refractivity contribution in [1.29, 1.82) is 0 Å². The Kier molecular flexibility index (Phi) is 61.8. The molecule has 1 saturated heterocycles. The molecule has 0 radical (unpaired) electrons. The minimum Gasteiger partial charge on any atom is -0.463 e. The number of ether oxygens (including phenoxy) is 11. The quantitative estimate of drug-likeness (QED) is 0.0319. The summed E-state index contributed by atoms with van der Waals surface area (Å²) < 4.78 is 63.8. The highest BCUT2D eigenvalue weighted by Gasteiger charge is 2.27. The Morgan fingerprint density at radius 3 is 1.18 bits per heavy atom. The zero-order chi connectivity index (χ0) is 64.6. The Hall–Kier alpha value is -2.80. The normalized spacial score (nSPS) is 14.0. The van der Waals surface area contributed by atoms with Gasteiger partial charge in [0, 0.05) is 26.3 Å². The summed E-state index contributed by atoms with van der Waals surface area (Å²) >= 11 is 0. The largest absolute Gasteiger partial charge is 0.508 e. The predicted octanol–water partition coefficient (Wildman–Crippen LogP) is 17.1. The van der Waals surface area contributed by atoms with Crippen molar-refractivity contribution in [1.82, 2.24) is 9.80 Å². The van der Waals surface area contributed by atoms with E-state index in [1.165, 1.54) is 116 Å². The van der Waals surface area contributed by atoms with Gasteiger partial charge in [0.25, 0.3) is 5.91 Å². The third-order valence-corrected chi connectivity index (χ3v) is 16.8. The molecule has 3 atom stereocenters. The molecule has 0 saturated carbocycles. The minimum atomic E-state index is -0.754. The first kappa shape index (κ1) is 84.2. The van der Waals surface area contributed by atoms with Crippen LogP contribution in [-0.2, 0) is 61.7 Å². The first-order valence-electron chi connectivity index (χ1n) is 37.0. The monoisotopic (exact) mass is 1270 g/mol. The molecule has 1 amide bonds. The average Bonchev–Trinajstić information content (AvgIpc) is 3.74. The molecule has 1 aliphatic rings. The summed E-state index contributed by atoms with van der Waals surface area (Å²) in [6.45, 7) is 19.2. The third-order valence-electron chi connectivity index (χ3n) is 16.8. The molecular formula is C72H138N2O15. The first-order chi connectivity index (χ1) is 43.7. The number of amides is 1. The van der Waals surface area contributed by atoms with E-state index in [4.69, 9.17) is 52.1 Å². The highest BCUT2D eigenvalue weighted by atomic mass is 16.7. The third kappa shape index (κ3) is 54.3. The highest BCUT2D eigenvalue weighted by molar-refractivity contribution is 5.81. The summed E-state index contributed by atoms with van der Waals surface area (Å²) in [6.07, 6.45) is 40.4. The molecule has 0 aromatic carbocycles. The standard InChI is InChI=1S/C72H138N2O15/c1-7-12-17-22-25-34-43-66(41-32-20-15-10-4)88-71(77)86-53-39-29-28-37-51-83-64-68(84-52-38-30-31-40-54-87-72(78)89-67(42-33-21-16-11-5)44-35-26-23-18-13-8-2)69(75)74(47-36-27-24-19-14-9-3)50-55-79-56-57-80-58-59-81-60-61-82-62-63-85-70(76)65-45-48-73(6)49-46-65/h65-68H,7-64H2,1-6H3. The summed E-state index contributed by atoms with van der Waals surface area (Å²) in [6, 6.07) is 0. The van der Waals surface area contributed by atoms with Crippen LogP contribution in [-0.4, -0.2) is 178 Å². The van der Waals surface area contributed by atoms with Gasteiger partial charge in [-0.3, -0.25) is 9.59 Å². The number of hydrogen-bond donors (Lipinski definition) is 0. The fourth-order valence-corrected chi connectivity index (χ4v) is 11.0. The van der Waals surface area contributed by atoms with E-state index < -0.39 is 18.4 Å². The maximum atomic E-state index is 14.4. The van der Waals surface area contributed by atoms with Crippen LogP contribution >= 0.6 is 0 Å². The van der Waals surface area contributed by atoms with Crippen molar-refractivity contribution in [3.63, 3.8) is 0 Å². The van der Waals surface area contributed by atoms with Gasteiger partial charge in [-0.15, -0.1) is 0 Å². The van der Waals surface area contributed by atoms with Crippen molar-refractivity contribution < 1.29 is 71.3 Å². The molecule has 0 aromatic heterocycles. The smallest absolute Gasteiger partial charge is 0.463 e. The van der Waals surface area contributed by atoms with Crippen molar-refractivity contribution >= 4 is 24.2 Å². The van der Waals surface area contributed by atoms with E-state index in [1.807, 2.05) is 4.90 Å². The van der Waals surface area contributed by atoms with E-state index in [-0.39, 0.29) is 43.2 Å². The van der Waals surface area contributed by atoms with Gasteiger partial charge < -0.3 is 61.9 Å². The Morgan fingerprint density at radius 2 is 0.730 bits per heavy atom. The average molecular weight is 1270 g/mol. The molecule has 17 heteroatoms. The molecule has 526 valence electrons. The van der Waals surface area contributed by atoms with Gasteiger partial charge >= 0.3 is 18.3 Å². The van der Waals surface area contributed by atoms with Crippen LogP contribution in [0.25, 0.3) is 0 Å². The number of carbonyl (C=O) groups excluding carboxylic acids is 4. The van der Waals surface area contributed by atoms with Crippen LogP contribution in [0.5, 0.6) is 0 Å². The molecule has 0 aromatic rings. The summed E-state index contributed by atoms with van der Waals surface area (Å²) in [5.74, 6) is -0.220. The second-order valence-electron chi connectivity index (χ2n) is 25.0. The molecular weight excluding hydrogens is 1130 g/mol. The van der Waals surface area contributed by atoms with E-state index in [1.54, 1.807) is 0 Å². The fourth-order valence-electron chi connectivity index (χ4n) is 11.0. The van der Waals surface area contributed by atoms with Crippen LogP contribution in [0.2, 0.25) is 0 Å². The lowest BCUT2D eigenvalue weighted by atomic mass is 9.97. The molecule has 0 bridgehead atoms. The van der Waals surface area contributed by atoms with Gasteiger partial charge in [-0.2, -0.15) is 0 Å². The minimum absolute atomic E-state index is 0.0115. The number of likely N-dealkylation sites (tertiary alicyclic amines) is 1. The molecule has 89 heavy (non-hydrogen) atoms. The van der Waals surface area contributed by atoms with Crippen LogP contribution in [0, 0.1) is 5.92 Å². The van der Waals surface area contributed by atoms with Gasteiger partial charge in [0.05, 0.1) is 78.6 Å². The lowest BCUT2D eigenvalue weighted by Gasteiger charge is -2.28. The van der Waals surface area contributed by atoms with Gasteiger partial charge in [0.1, 0.15) is 18.8 Å². The zero-order valence-electron chi connectivity index (χ0n) is 58.3. The van der Waals surface area contributed by atoms with Crippen LogP contribution in [0.15, 0.2) is 0 Å². The number of esters is 1. The fraction of sp³-hybridized carbons (Fsp3) is 0.944. The van der Waals surface area contributed by atoms with Crippen LogP contribution < -0.4 is 0 Å². The number of unbranched alkanes of at least 4 members (excludes halogenated alkanes) is 27. The van der Waals surface area contributed by atoms with E-state index in [0.29, 0.717) is 92.4 Å². The van der Waals surface area contributed by atoms with E-state index in [9.17, 15) is 19.2 Å². The summed E-state index contributed by atoms with van der Waals surface area (Å²) in [7, 11) is 2.07. The lowest BCUT2D eigenvalue weighted by molar-refractivity contribution is -0.152. The number of carbonyl (C=O) groups is 4. The molecule has 0 N–H and O–H groups in total. The van der Waals surface area contributed by atoms with Gasteiger partial charge in [-0.05, 0) is 129 Å². The van der Waals surface area contributed by atoms with E-state index in [0.717, 1.165) is 154 Å². The number of rotatable bonds is 67. The van der Waals surface area contributed by atoms with Gasteiger partial charge in [-0.25, -0.2) is 9.59 Å². The Morgan fingerprint density at radius 1 is 0.371 bits per heavy atom. The second-order valence-corrected chi connectivity index (χ2v) is 25.0.